The fourth-order valence-electron chi connectivity index (χ4n) is 0.752. The van der Waals surface area contributed by atoms with E-state index in [0.717, 1.165) is 6.42 Å². The third kappa shape index (κ3) is 5.07. The van der Waals surface area contributed by atoms with Gasteiger partial charge >= 0.3 is 5.97 Å². The van der Waals surface area contributed by atoms with Gasteiger partial charge in [0.15, 0.2) is 0 Å². The fraction of sp³-hybridized carbons (Fsp3) is 0.857. The quantitative estimate of drug-likeness (QED) is 0.553. The lowest BCUT2D eigenvalue weighted by atomic mass is 10.2. The minimum absolute atomic E-state index is 0.431. The van der Waals surface area contributed by atoms with Gasteiger partial charge in [-0.05, 0) is 6.42 Å². The van der Waals surface area contributed by atoms with E-state index in [9.17, 15) is 4.79 Å². The molecule has 0 spiro atoms. The van der Waals surface area contributed by atoms with Gasteiger partial charge in [-0.2, -0.15) is 0 Å². The average molecular weight is 234 g/mol. The van der Waals surface area contributed by atoms with Gasteiger partial charge in [-0.25, -0.2) is 0 Å². The lowest BCUT2D eigenvalue weighted by Crippen LogP contribution is -2.30. The van der Waals surface area contributed by atoms with Gasteiger partial charge in [0, 0.05) is 6.92 Å². The molecule has 0 aliphatic heterocycles. The van der Waals surface area contributed by atoms with Crippen LogP contribution in [0.2, 0.25) is 0 Å². The van der Waals surface area contributed by atoms with Gasteiger partial charge in [-0.15, -0.1) is 0 Å². The number of halogens is 3. The summed E-state index contributed by atoms with van der Waals surface area (Å²) in [4.78, 5) is 10.6. The molecule has 0 bridgehead atoms. The predicted molar refractivity (Wildman–Crippen MR) is 50.8 cm³/mol. The first-order valence-corrected chi connectivity index (χ1v) is 4.75. The van der Waals surface area contributed by atoms with Crippen LogP contribution in [-0.2, 0) is 9.53 Å². The summed E-state index contributed by atoms with van der Waals surface area (Å²) < 4.78 is 3.29. The van der Waals surface area contributed by atoms with Crippen LogP contribution in [0.3, 0.4) is 0 Å². The summed E-state index contributed by atoms with van der Waals surface area (Å²) in [5.74, 6) is -0.431. The second-order valence-electron chi connectivity index (χ2n) is 2.43. The summed E-state index contributed by atoms with van der Waals surface area (Å²) in [6.45, 7) is 3.21. The summed E-state index contributed by atoms with van der Waals surface area (Å²) in [5.41, 5.74) is 0. The summed E-state index contributed by atoms with van der Waals surface area (Å²) >= 11 is 16.7. The zero-order chi connectivity index (χ0) is 9.78. The van der Waals surface area contributed by atoms with E-state index in [0.29, 0.717) is 6.42 Å². The van der Waals surface area contributed by atoms with Crippen molar-refractivity contribution < 1.29 is 9.53 Å². The number of hydrogen-bond donors (Lipinski definition) is 0. The Kier molecular flexibility index (Phi) is 5.30. The SMILES string of the molecule is CCC[C@@H](OC(C)=O)C(Cl)(Cl)Cl. The van der Waals surface area contributed by atoms with Gasteiger partial charge in [0.25, 0.3) is 0 Å². The van der Waals surface area contributed by atoms with Crippen molar-refractivity contribution in [3.8, 4) is 0 Å². The Hall–Kier alpha value is 0.340. The third-order valence-corrected chi connectivity index (χ3v) is 1.95. The minimum Gasteiger partial charge on any atom is -0.458 e. The van der Waals surface area contributed by atoms with Crippen molar-refractivity contribution in [3.05, 3.63) is 0 Å². The van der Waals surface area contributed by atoms with Crippen molar-refractivity contribution in [1.82, 2.24) is 0 Å². The normalized spacial score (nSPS) is 14.1. The maximum atomic E-state index is 10.6. The van der Waals surface area contributed by atoms with Crippen molar-refractivity contribution in [2.75, 3.05) is 0 Å². The molecule has 0 radical (unpaired) electrons. The number of carbonyl (C=O) groups is 1. The van der Waals surface area contributed by atoms with Crippen LogP contribution in [0.4, 0.5) is 0 Å². The van der Waals surface area contributed by atoms with Crippen LogP contribution in [0, 0.1) is 0 Å². The zero-order valence-electron chi connectivity index (χ0n) is 6.94. The van der Waals surface area contributed by atoms with Crippen LogP contribution in [0.1, 0.15) is 26.7 Å². The van der Waals surface area contributed by atoms with Crippen LogP contribution in [0.25, 0.3) is 0 Å². The van der Waals surface area contributed by atoms with Gasteiger partial charge < -0.3 is 4.74 Å². The first kappa shape index (κ1) is 12.3. The van der Waals surface area contributed by atoms with Crippen molar-refractivity contribution in [3.63, 3.8) is 0 Å². The summed E-state index contributed by atoms with van der Waals surface area (Å²) in [6.07, 6.45) is 0.701. The number of ether oxygens (including phenoxy) is 1. The largest absolute Gasteiger partial charge is 0.458 e. The molecule has 2 nitrogen and oxygen atoms in total. The van der Waals surface area contributed by atoms with E-state index < -0.39 is 15.9 Å². The van der Waals surface area contributed by atoms with E-state index in [1.807, 2.05) is 6.92 Å². The van der Waals surface area contributed by atoms with Crippen LogP contribution in [0.15, 0.2) is 0 Å². The van der Waals surface area contributed by atoms with Gasteiger partial charge in [0.1, 0.15) is 6.10 Å². The first-order valence-electron chi connectivity index (χ1n) is 3.61. The van der Waals surface area contributed by atoms with Crippen LogP contribution >= 0.6 is 34.8 Å². The molecular weight excluding hydrogens is 222 g/mol. The van der Waals surface area contributed by atoms with E-state index in [1.54, 1.807) is 0 Å². The fourth-order valence-corrected chi connectivity index (χ4v) is 1.21. The van der Waals surface area contributed by atoms with Crippen LogP contribution < -0.4 is 0 Å². The van der Waals surface area contributed by atoms with E-state index in [4.69, 9.17) is 39.5 Å². The molecule has 0 aliphatic carbocycles. The number of rotatable bonds is 3. The van der Waals surface area contributed by atoms with Crippen molar-refractivity contribution in [1.29, 1.82) is 0 Å². The smallest absolute Gasteiger partial charge is 0.303 e. The number of esters is 1. The van der Waals surface area contributed by atoms with Gasteiger partial charge in [0.05, 0.1) is 0 Å². The molecule has 0 heterocycles. The summed E-state index contributed by atoms with van der Waals surface area (Å²) in [5, 5.41) is 0. The second kappa shape index (κ2) is 5.15. The van der Waals surface area contributed by atoms with E-state index in [1.165, 1.54) is 6.92 Å². The second-order valence-corrected chi connectivity index (χ2v) is 4.80. The molecule has 0 aromatic heterocycles. The zero-order valence-corrected chi connectivity index (χ0v) is 9.21. The Morgan fingerprint density at radius 3 is 2.25 bits per heavy atom. The lowest BCUT2D eigenvalue weighted by molar-refractivity contribution is -0.146. The molecule has 5 heteroatoms. The topological polar surface area (TPSA) is 26.3 Å². The molecular formula is C7H11Cl3O2. The van der Waals surface area contributed by atoms with Crippen molar-refractivity contribution in [2.45, 2.75) is 36.6 Å². The molecule has 12 heavy (non-hydrogen) atoms. The molecule has 0 rings (SSSR count). The molecule has 1 atom stereocenters. The van der Waals surface area contributed by atoms with E-state index in [-0.39, 0.29) is 0 Å². The van der Waals surface area contributed by atoms with Gasteiger partial charge in [0.2, 0.25) is 3.79 Å². The Morgan fingerprint density at radius 2 is 2.00 bits per heavy atom. The highest BCUT2D eigenvalue weighted by molar-refractivity contribution is 6.68. The van der Waals surface area contributed by atoms with E-state index >= 15 is 0 Å². The number of hydrogen-bond acceptors (Lipinski definition) is 2. The first-order chi connectivity index (χ1) is 5.38. The Morgan fingerprint density at radius 1 is 1.50 bits per heavy atom. The molecule has 0 aliphatic rings. The Labute approximate surface area is 87.1 Å². The lowest BCUT2D eigenvalue weighted by Gasteiger charge is -2.23. The molecule has 0 N–H and O–H groups in total. The number of carbonyl (C=O) groups excluding carboxylic acids is 1. The van der Waals surface area contributed by atoms with Crippen molar-refractivity contribution >= 4 is 40.8 Å². The van der Waals surface area contributed by atoms with Gasteiger partial charge in [-0.3, -0.25) is 4.79 Å². The highest BCUT2D eigenvalue weighted by Crippen LogP contribution is 2.34. The molecule has 0 saturated carbocycles. The van der Waals surface area contributed by atoms with Crippen molar-refractivity contribution in [2.24, 2.45) is 0 Å². The Balaban J connectivity index is 4.13. The maximum absolute atomic E-state index is 10.6. The minimum atomic E-state index is -1.53. The highest BCUT2D eigenvalue weighted by atomic mass is 35.6. The van der Waals surface area contributed by atoms with E-state index in [2.05, 4.69) is 0 Å². The number of alkyl halides is 3. The molecule has 0 unspecified atom stereocenters. The molecule has 72 valence electrons. The summed E-state index contributed by atoms with van der Waals surface area (Å²) in [7, 11) is 0. The predicted octanol–water partition coefficient (Wildman–Crippen LogP) is 3.09. The highest BCUT2D eigenvalue weighted by Gasteiger charge is 2.34. The standard InChI is InChI=1S/C7H11Cl3O2/c1-3-4-6(7(8,9)10)12-5(2)11/h6H,3-4H2,1-2H3/t6-/m1/s1. The molecule has 0 aromatic rings. The monoisotopic (exact) mass is 232 g/mol. The Bertz CT molecular complexity index is 153. The van der Waals surface area contributed by atoms with Crippen LogP contribution in [0.5, 0.6) is 0 Å². The average Bonchev–Trinajstić information content (AvgIpc) is 1.83. The molecule has 0 amide bonds. The third-order valence-electron chi connectivity index (χ3n) is 1.22. The van der Waals surface area contributed by atoms with Crippen LogP contribution in [-0.4, -0.2) is 15.9 Å². The maximum Gasteiger partial charge on any atom is 0.303 e. The summed E-state index contributed by atoms with van der Waals surface area (Å²) in [6, 6.07) is 0. The molecule has 0 saturated heterocycles. The molecule has 0 fully saturated rings. The van der Waals surface area contributed by atoms with Gasteiger partial charge in [-0.1, -0.05) is 48.1 Å². The molecule has 0 aromatic carbocycles.